The van der Waals surface area contributed by atoms with Crippen LogP contribution < -0.4 is 4.74 Å². The highest BCUT2D eigenvalue weighted by Crippen LogP contribution is 2.30. The first-order valence-corrected chi connectivity index (χ1v) is 9.14. The van der Waals surface area contributed by atoms with Crippen molar-refractivity contribution in [3.63, 3.8) is 0 Å². The molecule has 0 amide bonds. The number of aryl methyl sites for hydroxylation is 1. The number of ether oxygens (including phenoxy) is 1. The molecule has 0 radical (unpaired) electrons. The summed E-state index contributed by atoms with van der Waals surface area (Å²) < 4.78 is 5.84. The first kappa shape index (κ1) is 18.1. The van der Waals surface area contributed by atoms with E-state index in [4.69, 9.17) is 4.74 Å². The second-order valence-electron chi connectivity index (χ2n) is 7.34. The molecule has 2 nitrogen and oxygen atoms in total. The Bertz CT molecular complexity index is 803. The number of phenolic OH excluding ortho intramolecular Hbond substituents is 1. The van der Waals surface area contributed by atoms with Gasteiger partial charge in [-0.2, -0.15) is 0 Å². The summed E-state index contributed by atoms with van der Waals surface area (Å²) in [5.41, 5.74) is 2.69. The smallest absolute Gasteiger partial charge is 0.127 e. The first-order valence-electron chi connectivity index (χ1n) is 9.14. The van der Waals surface area contributed by atoms with Gasteiger partial charge < -0.3 is 9.84 Å². The molecule has 0 aliphatic heterocycles. The molecule has 3 aromatic carbocycles. The molecule has 0 aromatic heterocycles. The summed E-state index contributed by atoms with van der Waals surface area (Å²) >= 11 is 0. The van der Waals surface area contributed by atoms with Gasteiger partial charge in [-0.25, -0.2) is 0 Å². The third kappa shape index (κ3) is 4.89. The summed E-state index contributed by atoms with van der Waals surface area (Å²) in [7, 11) is 0. The maximum atomic E-state index is 9.45. The summed E-state index contributed by atoms with van der Waals surface area (Å²) in [6.45, 7) is 4.52. The van der Waals surface area contributed by atoms with Gasteiger partial charge >= 0.3 is 0 Å². The average molecular weight is 346 g/mol. The molecule has 2 heteroatoms. The van der Waals surface area contributed by atoms with Crippen molar-refractivity contribution in [3.05, 3.63) is 90.0 Å². The normalized spacial score (nSPS) is 11.3. The lowest BCUT2D eigenvalue weighted by Crippen LogP contribution is -2.17. The molecule has 3 aromatic rings. The number of aromatic hydroxyl groups is 1. The zero-order valence-electron chi connectivity index (χ0n) is 15.5. The zero-order chi connectivity index (χ0) is 18.4. The van der Waals surface area contributed by atoms with E-state index in [0.29, 0.717) is 5.75 Å². The van der Waals surface area contributed by atoms with E-state index >= 15 is 0 Å². The number of para-hydroxylation sites is 1. The Kier molecular flexibility index (Phi) is 5.62. The molecule has 26 heavy (non-hydrogen) atoms. The van der Waals surface area contributed by atoms with Crippen molar-refractivity contribution in [1.82, 2.24) is 0 Å². The van der Waals surface area contributed by atoms with Crippen LogP contribution in [0.25, 0.3) is 0 Å². The third-order valence-corrected chi connectivity index (χ3v) is 4.82. The Morgan fingerprint density at radius 3 is 2.04 bits per heavy atom. The molecular weight excluding hydrogens is 320 g/mol. The van der Waals surface area contributed by atoms with Crippen molar-refractivity contribution >= 4 is 0 Å². The first-order chi connectivity index (χ1) is 12.5. The van der Waals surface area contributed by atoms with Crippen LogP contribution in [0.5, 0.6) is 17.2 Å². The Morgan fingerprint density at radius 2 is 1.38 bits per heavy atom. The van der Waals surface area contributed by atoms with Crippen molar-refractivity contribution in [2.75, 3.05) is 0 Å². The zero-order valence-corrected chi connectivity index (χ0v) is 15.5. The molecule has 0 aliphatic rings. The average Bonchev–Trinajstić information content (AvgIpc) is 2.64. The van der Waals surface area contributed by atoms with E-state index < -0.39 is 0 Å². The maximum Gasteiger partial charge on any atom is 0.127 e. The van der Waals surface area contributed by atoms with E-state index in [-0.39, 0.29) is 5.41 Å². The number of rotatable bonds is 7. The molecule has 0 bridgehead atoms. The minimum absolute atomic E-state index is 0.101. The van der Waals surface area contributed by atoms with Crippen LogP contribution in [0.15, 0.2) is 78.9 Å². The molecule has 0 unspecified atom stereocenters. The number of phenols is 1. The second kappa shape index (κ2) is 8.09. The molecule has 0 saturated carbocycles. The Labute approximate surface area is 156 Å². The summed E-state index contributed by atoms with van der Waals surface area (Å²) in [6, 6.07) is 25.8. The molecule has 3 rings (SSSR count). The highest BCUT2D eigenvalue weighted by molar-refractivity contribution is 5.33. The van der Waals surface area contributed by atoms with Crippen LogP contribution in [0.4, 0.5) is 0 Å². The van der Waals surface area contributed by atoms with E-state index in [9.17, 15) is 5.11 Å². The van der Waals surface area contributed by atoms with Gasteiger partial charge in [-0.15, -0.1) is 0 Å². The van der Waals surface area contributed by atoms with Gasteiger partial charge in [0.1, 0.15) is 17.2 Å². The van der Waals surface area contributed by atoms with Crippen molar-refractivity contribution in [3.8, 4) is 17.2 Å². The highest BCUT2D eigenvalue weighted by Gasteiger charge is 2.19. The van der Waals surface area contributed by atoms with Crippen LogP contribution in [0.3, 0.4) is 0 Å². The molecule has 0 fully saturated rings. The molecule has 1 N–H and O–H groups in total. The molecule has 0 saturated heterocycles. The fourth-order valence-corrected chi connectivity index (χ4v) is 3.14. The highest BCUT2D eigenvalue weighted by atomic mass is 16.5. The van der Waals surface area contributed by atoms with Crippen LogP contribution >= 0.6 is 0 Å². The SMILES string of the molecule is CC(C)(CCCc1ccc(Oc2ccccc2)cc1)c1ccc(O)cc1. The van der Waals surface area contributed by atoms with Crippen molar-refractivity contribution in [2.45, 2.75) is 38.5 Å². The standard InChI is InChI=1S/C24H26O2/c1-24(2,20-12-14-21(25)15-13-20)18-6-7-19-10-16-23(17-11-19)26-22-8-4-3-5-9-22/h3-5,8-17,25H,6-7,18H2,1-2H3. The summed E-state index contributed by atoms with van der Waals surface area (Å²) in [6.07, 6.45) is 3.26. The van der Waals surface area contributed by atoms with E-state index in [1.165, 1.54) is 11.1 Å². The van der Waals surface area contributed by atoms with Crippen LogP contribution in [0.2, 0.25) is 0 Å². The number of hydrogen-bond acceptors (Lipinski definition) is 2. The minimum Gasteiger partial charge on any atom is -0.508 e. The van der Waals surface area contributed by atoms with Crippen LogP contribution in [-0.4, -0.2) is 5.11 Å². The predicted octanol–water partition coefficient (Wildman–Crippen LogP) is 6.49. The van der Waals surface area contributed by atoms with E-state index in [0.717, 1.165) is 30.8 Å². The van der Waals surface area contributed by atoms with E-state index in [2.05, 4.69) is 26.0 Å². The second-order valence-corrected chi connectivity index (χ2v) is 7.34. The largest absolute Gasteiger partial charge is 0.508 e. The van der Waals surface area contributed by atoms with E-state index in [1.54, 1.807) is 12.1 Å². The quantitative estimate of drug-likeness (QED) is 0.530. The summed E-state index contributed by atoms with van der Waals surface area (Å²) in [5.74, 6) is 2.04. The lowest BCUT2D eigenvalue weighted by molar-refractivity contribution is 0.455. The maximum absolute atomic E-state index is 9.45. The van der Waals surface area contributed by atoms with Gasteiger partial charge in [0.15, 0.2) is 0 Å². The van der Waals surface area contributed by atoms with Gasteiger partial charge in [0.05, 0.1) is 0 Å². The lowest BCUT2D eigenvalue weighted by atomic mass is 9.80. The Morgan fingerprint density at radius 1 is 0.769 bits per heavy atom. The van der Waals surface area contributed by atoms with E-state index in [1.807, 2.05) is 54.6 Å². The van der Waals surface area contributed by atoms with Crippen molar-refractivity contribution in [1.29, 1.82) is 0 Å². The molecule has 0 heterocycles. The lowest BCUT2D eigenvalue weighted by Gasteiger charge is -2.25. The molecular formula is C24H26O2. The monoisotopic (exact) mass is 346 g/mol. The van der Waals surface area contributed by atoms with Gasteiger partial charge in [0.25, 0.3) is 0 Å². The fraction of sp³-hybridized carbons (Fsp3) is 0.250. The van der Waals surface area contributed by atoms with Gasteiger partial charge in [-0.05, 0) is 72.2 Å². The van der Waals surface area contributed by atoms with Crippen molar-refractivity contribution in [2.24, 2.45) is 0 Å². The van der Waals surface area contributed by atoms with Crippen LogP contribution in [-0.2, 0) is 11.8 Å². The summed E-state index contributed by atoms with van der Waals surface area (Å²) in [4.78, 5) is 0. The molecule has 0 atom stereocenters. The molecule has 0 aliphatic carbocycles. The number of hydrogen-bond donors (Lipinski definition) is 1. The van der Waals surface area contributed by atoms with Crippen LogP contribution in [0.1, 0.15) is 37.8 Å². The fourth-order valence-electron chi connectivity index (χ4n) is 3.14. The van der Waals surface area contributed by atoms with Gasteiger partial charge in [0.2, 0.25) is 0 Å². The van der Waals surface area contributed by atoms with Gasteiger partial charge in [-0.3, -0.25) is 0 Å². The van der Waals surface area contributed by atoms with Crippen molar-refractivity contribution < 1.29 is 9.84 Å². The minimum atomic E-state index is 0.101. The molecule has 134 valence electrons. The Hall–Kier alpha value is -2.74. The summed E-state index contributed by atoms with van der Waals surface area (Å²) in [5, 5.41) is 9.45. The van der Waals surface area contributed by atoms with Crippen LogP contribution in [0, 0.1) is 0 Å². The predicted molar refractivity (Wildman–Crippen MR) is 107 cm³/mol. The van der Waals surface area contributed by atoms with Gasteiger partial charge in [-0.1, -0.05) is 56.3 Å². The number of benzene rings is 3. The topological polar surface area (TPSA) is 29.5 Å². The third-order valence-electron chi connectivity index (χ3n) is 4.82. The van der Waals surface area contributed by atoms with Gasteiger partial charge in [0, 0.05) is 0 Å². The molecule has 0 spiro atoms. The Balaban J connectivity index is 1.52.